The molecule has 1 aromatic heterocycles. The van der Waals surface area contributed by atoms with Gasteiger partial charge in [0, 0.05) is 38.6 Å². The highest BCUT2D eigenvalue weighted by Crippen LogP contribution is 2.23. The van der Waals surface area contributed by atoms with Crippen LogP contribution in [0.1, 0.15) is 50.0 Å². The van der Waals surface area contributed by atoms with Crippen molar-refractivity contribution in [3.63, 3.8) is 0 Å². The smallest absolute Gasteiger partial charge is 0.243 e. The summed E-state index contributed by atoms with van der Waals surface area (Å²) >= 11 is 0. The largest absolute Gasteiger partial charge is 0.494 e. The van der Waals surface area contributed by atoms with Crippen LogP contribution in [0.25, 0.3) is 0 Å². The summed E-state index contributed by atoms with van der Waals surface area (Å²) in [6.07, 6.45) is 0. The zero-order valence-corrected chi connectivity index (χ0v) is 15.9. The van der Waals surface area contributed by atoms with Gasteiger partial charge in [0.1, 0.15) is 0 Å². The zero-order valence-electron chi connectivity index (χ0n) is 15.9. The van der Waals surface area contributed by atoms with Gasteiger partial charge < -0.3 is 9.26 Å². The predicted octanol–water partition coefficient (Wildman–Crippen LogP) is 3.22. The maximum Gasteiger partial charge on any atom is 0.243 e. The van der Waals surface area contributed by atoms with E-state index in [4.69, 9.17) is 9.26 Å². The SMILES string of the molecule is COc1ccc(CN2CCN([C@H](C)c3nc(C(C)C)no3)CC2)cc1F. The molecule has 0 N–H and O–H groups in total. The van der Waals surface area contributed by atoms with E-state index in [0.29, 0.717) is 5.89 Å². The maximum atomic E-state index is 13.8. The van der Waals surface area contributed by atoms with Gasteiger partial charge in [-0.05, 0) is 24.6 Å². The highest BCUT2D eigenvalue weighted by molar-refractivity contribution is 5.29. The van der Waals surface area contributed by atoms with Crippen molar-refractivity contribution in [2.75, 3.05) is 33.3 Å². The van der Waals surface area contributed by atoms with E-state index in [1.807, 2.05) is 6.07 Å². The van der Waals surface area contributed by atoms with E-state index in [9.17, 15) is 4.39 Å². The molecule has 26 heavy (non-hydrogen) atoms. The Morgan fingerprint density at radius 1 is 1.19 bits per heavy atom. The number of rotatable bonds is 6. The van der Waals surface area contributed by atoms with Gasteiger partial charge in [-0.3, -0.25) is 9.80 Å². The van der Waals surface area contributed by atoms with Gasteiger partial charge in [-0.1, -0.05) is 25.1 Å². The molecule has 1 atom stereocenters. The summed E-state index contributed by atoms with van der Waals surface area (Å²) in [6.45, 7) is 10.6. The van der Waals surface area contributed by atoms with Gasteiger partial charge in [-0.25, -0.2) is 4.39 Å². The minimum absolute atomic E-state index is 0.107. The summed E-state index contributed by atoms with van der Waals surface area (Å²) < 4.78 is 24.2. The molecule has 7 heteroatoms. The summed E-state index contributed by atoms with van der Waals surface area (Å²) in [5, 5.41) is 4.06. The standard InChI is InChI=1S/C19H27FN4O2/c1-13(2)18-21-19(26-22-18)14(3)24-9-7-23(8-10-24)12-15-5-6-17(25-4)16(20)11-15/h5-6,11,13-14H,7-10,12H2,1-4H3/t14-/m1/s1. The van der Waals surface area contributed by atoms with Gasteiger partial charge >= 0.3 is 0 Å². The van der Waals surface area contributed by atoms with Crippen molar-refractivity contribution in [3.05, 3.63) is 41.3 Å². The molecule has 0 aliphatic carbocycles. The maximum absolute atomic E-state index is 13.8. The lowest BCUT2D eigenvalue weighted by molar-refractivity contribution is 0.0844. The minimum Gasteiger partial charge on any atom is -0.494 e. The summed E-state index contributed by atoms with van der Waals surface area (Å²) in [6, 6.07) is 5.27. The molecular weight excluding hydrogens is 335 g/mol. The van der Waals surface area contributed by atoms with E-state index < -0.39 is 0 Å². The van der Waals surface area contributed by atoms with Crippen LogP contribution in [-0.4, -0.2) is 53.2 Å². The Kier molecular flexibility index (Phi) is 5.88. The molecule has 0 spiro atoms. The van der Waals surface area contributed by atoms with Crippen LogP contribution in [-0.2, 0) is 6.54 Å². The van der Waals surface area contributed by atoms with Gasteiger partial charge in [0.2, 0.25) is 5.89 Å². The molecule has 0 saturated carbocycles. The normalized spacial score (nSPS) is 17.6. The van der Waals surface area contributed by atoms with Crippen molar-refractivity contribution in [2.45, 2.75) is 39.3 Å². The van der Waals surface area contributed by atoms with Crippen molar-refractivity contribution in [3.8, 4) is 5.75 Å². The van der Waals surface area contributed by atoms with Crippen LogP contribution in [0.3, 0.4) is 0 Å². The second kappa shape index (κ2) is 8.14. The minimum atomic E-state index is -0.311. The van der Waals surface area contributed by atoms with E-state index in [1.165, 1.54) is 7.11 Å². The summed E-state index contributed by atoms with van der Waals surface area (Å²) in [5.41, 5.74) is 0.961. The number of piperazine rings is 1. The van der Waals surface area contributed by atoms with Crippen LogP contribution >= 0.6 is 0 Å². The average molecular weight is 362 g/mol. The van der Waals surface area contributed by atoms with Gasteiger partial charge in [0.05, 0.1) is 13.2 Å². The molecule has 2 heterocycles. The van der Waals surface area contributed by atoms with E-state index in [0.717, 1.165) is 44.1 Å². The Morgan fingerprint density at radius 3 is 2.50 bits per heavy atom. The highest BCUT2D eigenvalue weighted by Gasteiger charge is 2.26. The van der Waals surface area contributed by atoms with Gasteiger partial charge in [-0.2, -0.15) is 4.98 Å². The summed E-state index contributed by atoms with van der Waals surface area (Å²) in [4.78, 5) is 9.19. The van der Waals surface area contributed by atoms with Crippen molar-refractivity contribution >= 4 is 0 Å². The first-order valence-corrected chi connectivity index (χ1v) is 9.10. The first-order valence-electron chi connectivity index (χ1n) is 9.10. The number of nitrogens with zero attached hydrogens (tertiary/aromatic N) is 4. The Morgan fingerprint density at radius 2 is 1.92 bits per heavy atom. The van der Waals surface area contributed by atoms with Crippen LogP contribution in [0.15, 0.2) is 22.7 Å². The second-order valence-electron chi connectivity index (χ2n) is 7.10. The monoisotopic (exact) mass is 362 g/mol. The fraction of sp³-hybridized carbons (Fsp3) is 0.579. The molecule has 1 saturated heterocycles. The third kappa shape index (κ3) is 4.22. The summed E-state index contributed by atoms with van der Waals surface area (Å²) in [7, 11) is 1.48. The van der Waals surface area contributed by atoms with Crippen LogP contribution in [0.4, 0.5) is 4.39 Å². The van der Waals surface area contributed by atoms with Crippen LogP contribution < -0.4 is 4.74 Å². The Labute approximate surface area is 153 Å². The highest BCUT2D eigenvalue weighted by atomic mass is 19.1. The predicted molar refractivity (Wildman–Crippen MR) is 96.6 cm³/mol. The zero-order chi connectivity index (χ0) is 18.7. The van der Waals surface area contributed by atoms with Gasteiger partial charge in [-0.15, -0.1) is 0 Å². The number of ether oxygens (including phenoxy) is 1. The van der Waals surface area contributed by atoms with Gasteiger partial charge in [0.25, 0.3) is 0 Å². The third-order valence-corrected chi connectivity index (χ3v) is 4.91. The van der Waals surface area contributed by atoms with E-state index in [1.54, 1.807) is 12.1 Å². The molecule has 0 amide bonds. The van der Waals surface area contributed by atoms with Gasteiger partial charge in [0.15, 0.2) is 17.4 Å². The lowest BCUT2D eigenvalue weighted by atomic mass is 10.1. The number of hydrogen-bond donors (Lipinski definition) is 0. The third-order valence-electron chi connectivity index (χ3n) is 4.91. The van der Waals surface area contributed by atoms with Crippen molar-refractivity contribution < 1.29 is 13.7 Å². The number of hydrogen-bond acceptors (Lipinski definition) is 6. The molecule has 1 aromatic carbocycles. The fourth-order valence-electron chi connectivity index (χ4n) is 3.18. The lowest BCUT2D eigenvalue weighted by Gasteiger charge is -2.36. The van der Waals surface area contributed by atoms with Crippen LogP contribution in [0.5, 0.6) is 5.75 Å². The second-order valence-corrected chi connectivity index (χ2v) is 7.10. The molecule has 2 aromatic rings. The molecule has 142 valence electrons. The quantitative estimate of drug-likeness (QED) is 0.786. The Balaban J connectivity index is 1.54. The number of benzene rings is 1. The number of halogens is 1. The number of aromatic nitrogens is 2. The average Bonchev–Trinajstić information content (AvgIpc) is 3.12. The lowest BCUT2D eigenvalue weighted by Crippen LogP contribution is -2.46. The molecule has 1 fully saturated rings. The summed E-state index contributed by atoms with van der Waals surface area (Å²) in [5.74, 6) is 1.68. The molecule has 1 aliphatic heterocycles. The van der Waals surface area contributed by atoms with Crippen molar-refractivity contribution in [1.29, 1.82) is 0 Å². The van der Waals surface area contributed by atoms with Crippen LogP contribution in [0.2, 0.25) is 0 Å². The molecule has 6 nitrogen and oxygen atoms in total. The topological polar surface area (TPSA) is 54.6 Å². The van der Waals surface area contributed by atoms with E-state index in [2.05, 4.69) is 40.7 Å². The van der Waals surface area contributed by atoms with Crippen molar-refractivity contribution in [1.82, 2.24) is 19.9 Å². The molecule has 1 aliphatic rings. The first kappa shape index (κ1) is 18.8. The molecule has 0 radical (unpaired) electrons. The van der Waals surface area contributed by atoms with E-state index >= 15 is 0 Å². The Bertz CT molecular complexity index is 726. The molecule has 3 rings (SSSR count). The fourth-order valence-corrected chi connectivity index (χ4v) is 3.18. The first-order chi connectivity index (χ1) is 12.5. The number of methoxy groups -OCH3 is 1. The van der Waals surface area contributed by atoms with Crippen LogP contribution in [0, 0.1) is 5.82 Å². The van der Waals surface area contributed by atoms with Crippen molar-refractivity contribution in [2.24, 2.45) is 0 Å². The van der Waals surface area contributed by atoms with E-state index in [-0.39, 0.29) is 23.5 Å². The molecule has 0 bridgehead atoms. The molecule has 0 unspecified atom stereocenters. The molecular formula is C19H27FN4O2. The Hall–Kier alpha value is -1.99.